The summed E-state index contributed by atoms with van der Waals surface area (Å²) >= 11 is 0. The highest BCUT2D eigenvalue weighted by atomic mass is 19.1. The molecule has 0 radical (unpaired) electrons. The number of rotatable bonds is 5. The van der Waals surface area contributed by atoms with Gasteiger partial charge in [-0.25, -0.2) is 4.39 Å². The van der Waals surface area contributed by atoms with E-state index < -0.39 is 0 Å². The van der Waals surface area contributed by atoms with Gasteiger partial charge >= 0.3 is 0 Å². The zero-order valence-electron chi connectivity index (χ0n) is 8.24. The average Bonchev–Trinajstić information content (AvgIpc) is 2.18. The minimum atomic E-state index is -0.352. The van der Waals surface area contributed by atoms with Crippen molar-refractivity contribution in [1.29, 1.82) is 0 Å². The number of nitrogens with zero attached hydrogens (tertiary/aromatic N) is 1. The predicted octanol–water partition coefficient (Wildman–Crippen LogP) is 1.65. The summed E-state index contributed by atoms with van der Waals surface area (Å²) in [6, 6.07) is 1.20. The number of nitrogens with two attached hydrogens (primary N) is 1. The maximum atomic E-state index is 12.8. The monoisotopic (exact) mass is 198 g/mol. The van der Waals surface area contributed by atoms with Crippen LogP contribution in [-0.2, 0) is 4.74 Å². The molecule has 0 spiro atoms. The molecule has 0 fully saturated rings. The van der Waals surface area contributed by atoms with E-state index in [1.54, 1.807) is 6.20 Å². The molecule has 3 nitrogen and oxygen atoms in total. The van der Waals surface area contributed by atoms with Gasteiger partial charge in [0.05, 0.1) is 6.20 Å². The molecule has 0 aliphatic carbocycles. The molecule has 1 unspecified atom stereocenters. The van der Waals surface area contributed by atoms with Crippen LogP contribution >= 0.6 is 0 Å². The number of aromatic nitrogens is 1. The van der Waals surface area contributed by atoms with E-state index >= 15 is 0 Å². The van der Waals surface area contributed by atoms with E-state index in [0.29, 0.717) is 25.2 Å². The fraction of sp³-hybridized carbons (Fsp3) is 0.500. The Morgan fingerprint density at radius 2 is 2.36 bits per heavy atom. The second-order valence-electron chi connectivity index (χ2n) is 3.03. The van der Waals surface area contributed by atoms with Gasteiger partial charge in [-0.2, -0.15) is 0 Å². The minimum absolute atomic E-state index is 0.204. The fourth-order valence-electron chi connectivity index (χ4n) is 1.15. The van der Waals surface area contributed by atoms with Crippen molar-refractivity contribution >= 4 is 0 Å². The first kappa shape index (κ1) is 11.1. The Bertz CT molecular complexity index is 281. The van der Waals surface area contributed by atoms with Gasteiger partial charge in [-0.3, -0.25) is 4.98 Å². The second-order valence-corrected chi connectivity index (χ2v) is 3.03. The van der Waals surface area contributed by atoms with Crippen LogP contribution in [0.4, 0.5) is 4.39 Å². The number of hydrogen-bond donors (Lipinski definition) is 1. The van der Waals surface area contributed by atoms with E-state index in [0.717, 1.165) is 0 Å². The molecular weight excluding hydrogens is 183 g/mol. The summed E-state index contributed by atoms with van der Waals surface area (Å²) < 4.78 is 17.9. The maximum Gasteiger partial charge on any atom is 0.141 e. The summed E-state index contributed by atoms with van der Waals surface area (Å²) in [7, 11) is 0. The van der Waals surface area contributed by atoms with Crippen molar-refractivity contribution in [2.45, 2.75) is 19.4 Å². The molecule has 1 heterocycles. The third-order valence-electron chi connectivity index (χ3n) is 1.93. The highest BCUT2D eigenvalue weighted by Crippen LogP contribution is 2.13. The lowest BCUT2D eigenvalue weighted by molar-refractivity contribution is 0.140. The van der Waals surface area contributed by atoms with Crippen molar-refractivity contribution in [3.63, 3.8) is 0 Å². The summed E-state index contributed by atoms with van der Waals surface area (Å²) in [5.41, 5.74) is 6.53. The molecule has 1 rings (SSSR count). The molecule has 0 aliphatic rings. The lowest BCUT2D eigenvalue weighted by Gasteiger charge is -2.11. The molecule has 0 aromatic carbocycles. The van der Waals surface area contributed by atoms with Crippen LogP contribution in [-0.4, -0.2) is 18.2 Å². The van der Waals surface area contributed by atoms with Gasteiger partial charge in [0.25, 0.3) is 0 Å². The van der Waals surface area contributed by atoms with Gasteiger partial charge in [-0.05, 0) is 25.0 Å². The smallest absolute Gasteiger partial charge is 0.141 e. The van der Waals surface area contributed by atoms with E-state index in [9.17, 15) is 4.39 Å². The van der Waals surface area contributed by atoms with Crippen molar-refractivity contribution in [3.05, 3.63) is 29.8 Å². The van der Waals surface area contributed by atoms with Crippen molar-refractivity contribution in [2.24, 2.45) is 5.73 Å². The van der Waals surface area contributed by atoms with Crippen LogP contribution in [0.2, 0.25) is 0 Å². The Morgan fingerprint density at radius 3 is 3.00 bits per heavy atom. The zero-order valence-corrected chi connectivity index (χ0v) is 8.24. The SMILES string of the molecule is CCOCCC(N)c1cncc(F)c1. The maximum absolute atomic E-state index is 12.8. The number of hydrogen-bond acceptors (Lipinski definition) is 3. The van der Waals surface area contributed by atoms with Gasteiger partial charge < -0.3 is 10.5 Å². The molecular formula is C10H15FN2O. The Labute approximate surface area is 83.1 Å². The summed E-state index contributed by atoms with van der Waals surface area (Å²) in [6.07, 6.45) is 3.43. The normalized spacial score (nSPS) is 12.8. The Balaban J connectivity index is 2.47. The summed E-state index contributed by atoms with van der Waals surface area (Å²) in [5, 5.41) is 0. The molecule has 0 saturated carbocycles. The van der Waals surface area contributed by atoms with Crippen molar-refractivity contribution in [3.8, 4) is 0 Å². The molecule has 1 aromatic heterocycles. The van der Waals surface area contributed by atoms with Crippen LogP contribution in [0.3, 0.4) is 0 Å². The molecule has 1 aromatic rings. The van der Waals surface area contributed by atoms with Crippen molar-refractivity contribution < 1.29 is 9.13 Å². The molecule has 14 heavy (non-hydrogen) atoms. The lowest BCUT2D eigenvalue weighted by Crippen LogP contribution is -2.13. The largest absolute Gasteiger partial charge is 0.382 e. The molecule has 4 heteroatoms. The highest BCUT2D eigenvalue weighted by molar-refractivity contribution is 5.14. The van der Waals surface area contributed by atoms with Crippen LogP contribution in [0.5, 0.6) is 0 Å². The van der Waals surface area contributed by atoms with Gasteiger partial charge in [0, 0.05) is 25.5 Å². The molecule has 1 atom stereocenters. The minimum Gasteiger partial charge on any atom is -0.382 e. The van der Waals surface area contributed by atoms with E-state index in [-0.39, 0.29) is 11.9 Å². The van der Waals surface area contributed by atoms with Gasteiger partial charge in [0.2, 0.25) is 0 Å². The molecule has 78 valence electrons. The van der Waals surface area contributed by atoms with Crippen LogP contribution in [0.1, 0.15) is 24.9 Å². The van der Waals surface area contributed by atoms with E-state index in [4.69, 9.17) is 10.5 Å². The van der Waals surface area contributed by atoms with Crippen LogP contribution in [0, 0.1) is 5.82 Å². The number of pyridine rings is 1. The van der Waals surface area contributed by atoms with E-state index in [1.807, 2.05) is 6.92 Å². The molecule has 0 aliphatic heterocycles. The molecule has 2 N–H and O–H groups in total. The third kappa shape index (κ3) is 3.40. The predicted molar refractivity (Wildman–Crippen MR) is 52.2 cm³/mol. The summed E-state index contributed by atoms with van der Waals surface area (Å²) in [5.74, 6) is -0.352. The van der Waals surface area contributed by atoms with Crippen molar-refractivity contribution in [2.75, 3.05) is 13.2 Å². The lowest BCUT2D eigenvalue weighted by atomic mass is 10.1. The topological polar surface area (TPSA) is 48.1 Å². The van der Waals surface area contributed by atoms with Crippen LogP contribution < -0.4 is 5.73 Å². The first-order chi connectivity index (χ1) is 6.74. The van der Waals surface area contributed by atoms with Gasteiger partial charge in [-0.1, -0.05) is 0 Å². The van der Waals surface area contributed by atoms with Gasteiger partial charge in [-0.15, -0.1) is 0 Å². The van der Waals surface area contributed by atoms with E-state index in [2.05, 4.69) is 4.98 Å². The Kier molecular flexibility index (Phi) is 4.49. The Morgan fingerprint density at radius 1 is 1.57 bits per heavy atom. The first-order valence-corrected chi connectivity index (χ1v) is 4.67. The summed E-state index contributed by atoms with van der Waals surface area (Å²) in [6.45, 7) is 3.19. The zero-order chi connectivity index (χ0) is 10.4. The van der Waals surface area contributed by atoms with Crippen LogP contribution in [0.15, 0.2) is 18.5 Å². The van der Waals surface area contributed by atoms with Gasteiger partial charge in [0.15, 0.2) is 0 Å². The van der Waals surface area contributed by atoms with Gasteiger partial charge in [0.1, 0.15) is 5.82 Å². The third-order valence-corrected chi connectivity index (χ3v) is 1.93. The van der Waals surface area contributed by atoms with E-state index in [1.165, 1.54) is 12.3 Å². The van der Waals surface area contributed by atoms with Crippen molar-refractivity contribution in [1.82, 2.24) is 4.98 Å². The second kappa shape index (κ2) is 5.67. The molecule has 0 bridgehead atoms. The fourth-order valence-corrected chi connectivity index (χ4v) is 1.15. The van der Waals surface area contributed by atoms with Crippen LogP contribution in [0.25, 0.3) is 0 Å². The number of halogens is 1. The quantitative estimate of drug-likeness (QED) is 0.732. The number of ether oxygens (including phenoxy) is 1. The molecule has 0 saturated heterocycles. The summed E-state index contributed by atoms with van der Waals surface area (Å²) in [4.78, 5) is 3.74. The standard InChI is InChI=1S/C10H15FN2O/c1-2-14-4-3-10(12)8-5-9(11)7-13-6-8/h5-7,10H,2-4,12H2,1H3. The first-order valence-electron chi connectivity index (χ1n) is 4.67. The highest BCUT2D eigenvalue weighted by Gasteiger charge is 2.06. The molecule has 0 amide bonds. The Hall–Kier alpha value is -1.00. The average molecular weight is 198 g/mol.